The van der Waals surface area contributed by atoms with E-state index in [4.69, 9.17) is 28.4 Å². The van der Waals surface area contributed by atoms with Crippen LogP contribution < -0.4 is 5.32 Å². The molecule has 4 heterocycles. The van der Waals surface area contributed by atoms with E-state index in [2.05, 4.69) is 20.6 Å². The fraction of sp³-hybridized carbons (Fsp3) is 0.620. The number of aromatic nitrogens is 4. The number of aromatic amines is 1. The molecule has 2 aromatic carbocycles. The first-order valence-electron chi connectivity index (χ1n) is 25.1. The van der Waals surface area contributed by atoms with Gasteiger partial charge in [-0.15, -0.1) is 5.10 Å². The Bertz CT molecular complexity index is 2420. The Morgan fingerprint density at radius 3 is 2.45 bits per heavy atom. The molecule has 8 unspecified atom stereocenters. The van der Waals surface area contributed by atoms with Crippen molar-refractivity contribution < 1.29 is 78.4 Å². The smallest absolute Gasteiger partial charge is 0.338 e. The van der Waals surface area contributed by atoms with Crippen molar-refractivity contribution in [3.05, 3.63) is 87.9 Å². The number of amides is 1. The maximum Gasteiger partial charge on any atom is 0.338 e. The molecule has 7 rings (SSSR count). The van der Waals surface area contributed by atoms with Crippen molar-refractivity contribution in [2.45, 2.75) is 165 Å². The van der Waals surface area contributed by atoms with Crippen molar-refractivity contribution in [2.75, 3.05) is 19.8 Å². The number of carboxylic acids is 1. The number of carboxylic acid groups (broad SMARTS) is 1. The predicted molar refractivity (Wildman–Crippen MR) is 256 cm³/mol. The number of nitro groups is 1. The number of aliphatic carboxylic acids is 1. The number of nitrogens with one attached hydrogen (secondary N) is 2. The van der Waals surface area contributed by atoms with Crippen molar-refractivity contribution in [2.24, 2.45) is 11.8 Å². The maximum absolute atomic E-state index is 13.7. The summed E-state index contributed by atoms with van der Waals surface area (Å²) in [6, 6.07) is 12.6. The van der Waals surface area contributed by atoms with Gasteiger partial charge in [0, 0.05) is 61.4 Å². The van der Waals surface area contributed by atoms with Gasteiger partial charge in [0.05, 0.1) is 41.6 Å². The summed E-state index contributed by atoms with van der Waals surface area (Å²) >= 11 is 0. The number of benzene rings is 2. The Morgan fingerprint density at radius 1 is 0.959 bits per heavy atom. The predicted octanol–water partition coefficient (Wildman–Crippen LogP) is 2.72. The standard InChI is InChI=1S/C50H68N6O17/c1-28(15-18-40(58)51-20-19-33-25-55(54-53-33)21-9-14-32-24-52-36-17-16-34(56(66)67)23-35(32)36)39(72-49-44(62)43(61)41(59)29(2)69-49)27-68-50-46(73-48(65)31-12-7-4-8-13-31)45(42(60)38(26-57)71-50)70-37(47(63)64)22-30-10-5-3-6-11-30/h4,7-8,12-13,16-17,23-25,28-30,37-39,41-46,49-50,52,57,59-62H,3,5-6,9-11,14-15,18-22,26-27H2,1-2H3,(H,51,58)(H,63,64)/t28?,29?,37-,38?,39?,41+,42-,43?,44?,45?,46?,49-,50+/m0/s1. The van der Waals surface area contributed by atoms with E-state index in [1.165, 1.54) is 25.1 Å². The normalized spacial score (nSPS) is 27.0. The van der Waals surface area contributed by atoms with Gasteiger partial charge in [-0.1, -0.05) is 62.4 Å². The molecule has 13 atom stereocenters. The van der Waals surface area contributed by atoms with Gasteiger partial charge in [0.2, 0.25) is 5.91 Å². The maximum atomic E-state index is 13.7. The van der Waals surface area contributed by atoms with Crippen molar-refractivity contribution in [3.8, 4) is 0 Å². The van der Waals surface area contributed by atoms with Gasteiger partial charge in [0.15, 0.2) is 24.8 Å². The highest BCUT2D eigenvalue weighted by Crippen LogP contribution is 2.34. The Labute approximate surface area is 421 Å². The first kappa shape index (κ1) is 55.3. The summed E-state index contributed by atoms with van der Waals surface area (Å²) in [4.78, 5) is 53.6. The summed E-state index contributed by atoms with van der Waals surface area (Å²) in [5.74, 6) is -2.97. The molecule has 23 heteroatoms. The van der Waals surface area contributed by atoms with Crippen LogP contribution in [0.5, 0.6) is 0 Å². The number of fused-ring (bicyclic) bond motifs is 1. The van der Waals surface area contributed by atoms with Crippen LogP contribution in [-0.4, -0.2) is 167 Å². The molecular weight excluding hydrogens is 957 g/mol. The lowest BCUT2D eigenvalue weighted by Crippen LogP contribution is -2.63. The highest BCUT2D eigenvalue weighted by molar-refractivity contribution is 5.89. The first-order chi connectivity index (χ1) is 35.1. The summed E-state index contributed by atoms with van der Waals surface area (Å²) in [6.45, 7) is 2.85. The third-order valence-electron chi connectivity index (χ3n) is 14.0. The van der Waals surface area contributed by atoms with E-state index >= 15 is 0 Å². The number of nitro benzene ring substituents is 1. The molecule has 3 fully saturated rings. The summed E-state index contributed by atoms with van der Waals surface area (Å²) in [5, 5.41) is 87.7. The second-order valence-electron chi connectivity index (χ2n) is 19.3. The van der Waals surface area contributed by atoms with Gasteiger partial charge >= 0.3 is 11.9 Å². The fourth-order valence-electron chi connectivity index (χ4n) is 9.62. The molecule has 1 saturated carbocycles. The topological polar surface area (TPSA) is 330 Å². The molecule has 400 valence electrons. The number of aliphatic hydroxyl groups is 5. The molecule has 23 nitrogen and oxygen atoms in total. The Morgan fingerprint density at radius 2 is 1.73 bits per heavy atom. The average Bonchev–Trinajstić information content (AvgIpc) is 4.03. The van der Waals surface area contributed by atoms with Crippen LogP contribution in [0, 0.1) is 22.0 Å². The molecule has 4 aromatic rings. The van der Waals surface area contributed by atoms with E-state index in [1.807, 2.05) is 6.20 Å². The number of carbonyl (C=O) groups excluding carboxylic acids is 2. The van der Waals surface area contributed by atoms with Crippen LogP contribution >= 0.6 is 0 Å². The summed E-state index contributed by atoms with van der Waals surface area (Å²) in [7, 11) is 0. The van der Waals surface area contributed by atoms with Crippen molar-refractivity contribution in [3.63, 3.8) is 0 Å². The van der Waals surface area contributed by atoms with Gasteiger partial charge in [0.1, 0.15) is 36.6 Å². The van der Waals surface area contributed by atoms with Crippen LogP contribution in [0.4, 0.5) is 5.69 Å². The molecule has 2 saturated heterocycles. The van der Waals surface area contributed by atoms with E-state index in [0.29, 0.717) is 31.5 Å². The monoisotopic (exact) mass is 1020 g/mol. The highest BCUT2D eigenvalue weighted by atomic mass is 16.7. The van der Waals surface area contributed by atoms with Gasteiger partial charge in [-0.25, -0.2) is 9.59 Å². The number of hydrogen-bond acceptors (Lipinski definition) is 18. The lowest BCUT2D eigenvalue weighted by Gasteiger charge is -2.45. The van der Waals surface area contributed by atoms with Crippen LogP contribution in [0.25, 0.3) is 10.9 Å². The summed E-state index contributed by atoms with van der Waals surface area (Å²) < 4.78 is 38.2. The van der Waals surface area contributed by atoms with E-state index in [-0.39, 0.29) is 48.9 Å². The van der Waals surface area contributed by atoms with Crippen molar-refractivity contribution >= 4 is 34.4 Å². The minimum atomic E-state index is -1.71. The molecule has 2 aliphatic heterocycles. The zero-order valence-electron chi connectivity index (χ0n) is 40.9. The zero-order chi connectivity index (χ0) is 52.2. The molecule has 8 N–H and O–H groups in total. The molecule has 0 radical (unpaired) electrons. The lowest BCUT2D eigenvalue weighted by molar-refractivity contribution is -0.384. The molecule has 73 heavy (non-hydrogen) atoms. The van der Waals surface area contributed by atoms with Gasteiger partial charge in [-0.05, 0) is 68.2 Å². The summed E-state index contributed by atoms with van der Waals surface area (Å²) in [5.41, 5.74) is 2.57. The molecule has 1 amide bonds. The molecule has 0 spiro atoms. The zero-order valence-corrected chi connectivity index (χ0v) is 40.9. The quantitative estimate of drug-likeness (QED) is 0.0269. The van der Waals surface area contributed by atoms with Crippen LogP contribution in [0.3, 0.4) is 0 Å². The molecule has 0 bridgehead atoms. The number of carbonyl (C=O) groups is 3. The number of rotatable bonds is 25. The lowest BCUT2D eigenvalue weighted by atomic mass is 9.85. The second kappa shape index (κ2) is 26.1. The number of hydrogen-bond donors (Lipinski definition) is 8. The number of non-ortho nitro benzene ring substituents is 1. The van der Waals surface area contributed by atoms with Gasteiger partial charge in [-0.3, -0.25) is 19.6 Å². The molecule has 2 aromatic heterocycles. The van der Waals surface area contributed by atoms with E-state index in [1.54, 1.807) is 48.1 Å². The van der Waals surface area contributed by atoms with Gasteiger partial charge in [-0.2, -0.15) is 0 Å². The first-order valence-corrected chi connectivity index (χ1v) is 25.1. The van der Waals surface area contributed by atoms with E-state index < -0.39 is 110 Å². The fourth-order valence-corrected chi connectivity index (χ4v) is 9.62. The summed E-state index contributed by atoms with van der Waals surface area (Å²) in [6.07, 6.45) is -7.33. The second-order valence-corrected chi connectivity index (χ2v) is 19.3. The number of ether oxygens (including phenoxy) is 6. The van der Waals surface area contributed by atoms with E-state index in [9.17, 15) is 55.1 Å². The Kier molecular flexibility index (Phi) is 19.8. The Balaban J connectivity index is 0.992. The van der Waals surface area contributed by atoms with Crippen molar-refractivity contribution in [1.82, 2.24) is 25.3 Å². The third kappa shape index (κ3) is 14.6. The molecular formula is C50H68N6O17. The van der Waals surface area contributed by atoms with Gasteiger partial charge < -0.3 is 69.4 Å². The largest absolute Gasteiger partial charge is 0.479 e. The number of nitrogens with zero attached hydrogens (tertiary/aromatic N) is 4. The number of aryl methyl sites for hydroxylation is 2. The van der Waals surface area contributed by atoms with Crippen LogP contribution in [0.15, 0.2) is 60.9 Å². The number of esters is 1. The minimum absolute atomic E-state index is 0.0000367. The molecule has 1 aliphatic carbocycles. The van der Waals surface area contributed by atoms with Crippen molar-refractivity contribution in [1.29, 1.82) is 0 Å². The van der Waals surface area contributed by atoms with Crippen LogP contribution in [-0.2, 0) is 57.4 Å². The number of H-pyrrole nitrogens is 1. The number of aliphatic hydroxyl groups excluding tert-OH is 5. The highest BCUT2D eigenvalue weighted by Gasteiger charge is 2.51. The molecule has 3 aliphatic rings. The SMILES string of the molecule is CC(CCC(=O)NCCc1cn(CCCc2c[nH]c3ccc([N+](=O)[O-])cc23)nn1)C(CO[C@@H]1OC(CO)[C@H](O)C(O[C@@H](CC2CCCCC2)C(=O)O)C1OC(=O)c1ccccc1)O[C@@H]1OC(C)[C@@H](O)C(O)C1O. The minimum Gasteiger partial charge on any atom is -0.479 e. The van der Waals surface area contributed by atoms with E-state index in [0.717, 1.165) is 48.6 Å². The Hall–Kier alpha value is -5.47. The van der Waals surface area contributed by atoms with Gasteiger partial charge in [0.25, 0.3) is 5.69 Å². The van der Waals surface area contributed by atoms with Crippen LogP contribution in [0.2, 0.25) is 0 Å². The average molecular weight is 1030 g/mol. The third-order valence-corrected chi connectivity index (χ3v) is 14.0. The van der Waals surface area contributed by atoms with Crippen LogP contribution in [0.1, 0.15) is 93.3 Å².